The van der Waals surface area contributed by atoms with Crippen molar-refractivity contribution in [3.8, 4) is 0 Å². The predicted octanol–water partition coefficient (Wildman–Crippen LogP) is 0.412. The molecule has 1 aliphatic heterocycles. The highest BCUT2D eigenvalue weighted by Gasteiger charge is 2.29. The molecule has 21 heavy (non-hydrogen) atoms. The summed E-state index contributed by atoms with van der Waals surface area (Å²) in [5, 5.41) is 2.88. The maximum absolute atomic E-state index is 12.1. The molecular formula is C14H21N3O3S. The van der Waals surface area contributed by atoms with Crippen molar-refractivity contribution in [1.82, 2.24) is 14.6 Å². The van der Waals surface area contributed by atoms with Crippen molar-refractivity contribution in [3.63, 3.8) is 0 Å². The van der Waals surface area contributed by atoms with Gasteiger partial charge in [0, 0.05) is 32.0 Å². The molecule has 0 bridgehead atoms. The third-order valence-electron chi connectivity index (χ3n) is 3.66. The second-order valence-electron chi connectivity index (χ2n) is 5.36. The van der Waals surface area contributed by atoms with E-state index in [4.69, 9.17) is 0 Å². The zero-order chi connectivity index (χ0) is 15.3. The van der Waals surface area contributed by atoms with Gasteiger partial charge in [-0.25, -0.2) is 12.7 Å². The molecule has 0 radical (unpaired) electrons. The van der Waals surface area contributed by atoms with Crippen LogP contribution in [0.5, 0.6) is 0 Å². The second-order valence-corrected chi connectivity index (χ2v) is 7.34. The fourth-order valence-electron chi connectivity index (χ4n) is 2.48. The first kappa shape index (κ1) is 15.9. The number of aromatic nitrogens is 1. The number of hydrogen-bond acceptors (Lipinski definition) is 4. The molecule has 116 valence electrons. The van der Waals surface area contributed by atoms with Crippen LogP contribution in [0.1, 0.15) is 18.4 Å². The third-order valence-corrected chi connectivity index (χ3v) is 4.93. The monoisotopic (exact) mass is 311 g/mol. The van der Waals surface area contributed by atoms with Crippen molar-refractivity contribution in [2.45, 2.75) is 19.3 Å². The quantitative estimate of drug-likeness (QED) is 0.854. The number of carbonyl (C=O) groups excluding carboxylic acids is 1. The molecule has 1 N–H and O–H groups in total. The van der Waals surface area contributed by atoms with Crippen LogP contribution in [0.3, 0.4) is 0 Å². The van der Waals surface area contributed by atoms with Crippen LogP contribution >= 0.6 is 0 Å². The molecule has 6 nitrogen and oxygen atoms in total. The van der Waals surface area contributed by atoms with E-state index in [2.05, 4.69) is 10.3 Å². The SMILES string of the molecule is CS(=O)(=O)N1CCC[C@H](C(=O)NCCc2cccnc2)C1. The Bertz CT molecular complexity index is 574. The maximum Gasteiger partial charge on any atom is 0.224 e. The Labute approximate surface area is 125 Å². The summed E-state index contributed by atoms with van der Waals surface area (Å²) < 4.78 is 24.5. The van der Waals surface area contributed by atoms with E-state index in [1.807, 2.05) is 12.1 Å². The summed E-state index contributed by atoms with van der Waals surface area (Å²) in [5.41, 5.74) is 1.07. The minimum absolute atomic E-state index is 0.0627. The first-order valence-electron chi connectivity index (χ1n) is 7.08. The maximum atomic E-state index is 12.1. The number of pyridine rings is 1. The number of hydrogen-bond donors (Lipinski definition) is 1. The molecule has 0 aromatic carbocycles. The Kier molecular flexibility index (Phi) is 5.30. The zero-order valence-electron chi connectivity index (χ0n) is 12.2. The molecule has 1 saturated heterocycles. The van der Waals surface area contributed by atoms with Gasteiger partial charge in [-0.15, -0.1) is 0 Å². The molecule has 2 heterocycles. The average Bonchev–Trinajstić information content (AvgIpc) is 2.47. The first-order chi connectivity index (χ1) is 9.97. The number of carbonyl (C=O) groups is 1. The topological polar surface area (TPSA) is 79.4 Å². The number of amides is 1. The van der Waals surface area contributed by atoms with E-state index in [0.29, 0.717) is 13.1 Å². The highest BCUT2D eigenvalue weighted by molar-refractivity contribution is 7.88. The highest BCUT2D eigenvalue weighted by atomic mass is 32.2. The molecule has 1 aromatic rings. The molecule has 0 spiro atoms. The van der Waals surface area contributed by atoms with Gasteiger partial charge in [0.05, 0.1) is 12.2 Å². The summed E-state index contributed by atoms with van der Waals surface area (Å²) >= 11 is 0. The van der Waals surface area contributed by atoms with Gasteiger partial charge in [0.25, 0.3) is 0 Å². The first-order valence-corrected chi connectivity index (χ1v) is 8.93. The standard InChI is InChI=1S/C14H21N3O3S/c1-21(19,20)17-9-3-5-13(11-17)14(18)16-8-6-12-4-2-7-15-10-12/h2,4,7,10,13H,3,5-6,8-9,11H2,1H3,(H,16,18)/t13-/m0/s1. The minimum atomic E-state index is -3.21. The number of sulfonamides is 1. The van der Waals surface area contributed by atoms with Gasteiger partial charge in [-0.3, -0.25) is 9.78 Å². The van der Waals surface area contributed by atoms with E-state index in [0.717, 1.165) is 24.8 Å². The highest BCUT2D eigenvalue weighted by Crippen LogP contribution is 2.18. The van der Waals surface area contributed by atoms with E-state index in [9.17, 15) is 13.2 Å². The largest absolute Gasteiger partial charge is 0.355 e. The molecular weight excluding hydrogens is 290 g/mol. The van der Waals surface area contributed by atoms with Crippen LogP contribution in [-0.2, 0) is 21.2 Å². The molecule has 2 rings (SSSR count). The molecule has 0 aliphatic carbocycles. The van der Waals surface area contributed by atoms with Gasteiger partial charge in [0.1, 0.15) is 0 Å². The molecule has 0 unspecified atom stereocenters. The van der Waals surface area contributed by atoms with Crippen LogP contribution in [0.4, 0.5) is 0 Å². The molecule has 7 heteroatoms. The van der Waals surface area contributed by atoms with Gasteiger partial charge in [-0.1, -0.05) is 6.07 Å². The Morgan fingerprint density at radius 2 is 2.33 bits per heavy atom. The van der Waals surface area contributed by atoms with Gasteiger partial charge >= 0.3 is 0 Å². The van der Waals surface area contributed by atoms with E-state index in [1.54, 1.807) is 12.4 Å². The van der Waals surface area contributed by atoms with Crippen molar-refractivity contribution >= 4 is 15.9 Å². The fraction of sp³-hybridized carbons (Fsp3) is 0.571. The number of nitrogens with zero attached hydrogens (tertiary/aromatic N) is 2. The van der Waals surface area contributed by atoms with E-state index in [1.165, 1.54) is 10.6 Å². The van der Waals surface area contributed by atoms with Crippen molar-refractivity contribution in [3.05, 3.63) is 30.1 Å². The second kappa shape index (κ2) is 7.00. The summed E-state index contributed by atoms with van der Waals surface area (Å²) in [6.45, 7) is 1.34. The van der Waals surface area contributed by atoms with Gasteiger partial charge < -0.3 is 5.32 Å². The third kappa shape index (κ3) is 4.78. The van der Waals surface area contributed by atoms with E-state index < -0.39 is 10.0 Å². The molecule has 1 amide bonds. The summed E-state index contributed by atoms with van der Waals surface area (Å²) in [6.07, 6.45) is 6.87. The van der Waals surface area contributed by atoms with Crippen molar-refractivity contribution in [1.29, 1.82) is 0 Å². The van der Waals surface area contributed by atoms with Gasteiger partial charge in [0.15, 0.2) is 0 Å². The van der Waals surface area contributed by atoms with Crippen LogP contribution in [-0.4, -0.2) is 49.5 Å². The Hall–Kier alpha value is -1.47. The summed E-state index contributed by atoms with van der Waals surface area (Å²) in [7, 11) is -3.21. The van der Waals surface area contributed by atoms with E-state index in [-0.39, 0.29) is 18.4 Å². The van der Waals surface area contributed by atoms with Crippen LogP contribution in [0.25, 0.3) is 0 Å². The lowest BCUT2D eigenvalue weighted by Gasteiger charge is -2.30. The molecule has 1 aliphatic rings. The Morgan fingerprint density at radius 3 is 3.00 bits per heavy atom. The lowest BCUT2D eigenvalue weighted by atomic mass is 9.99. The molecule has 0 saturated carbocycles. The van der Waals surface area contributed by atoms with Crippen molar-refractivity contribution < 1.29 is 13.2 Å². The summed E-state index contributed by atoms with van der Waals surface area (Å²) in [6, 6.07) is 3.83. The Balaban J connectivity index is 1.80. The normalized spacial score (nSPS) is 20.1. The fourth-order valence-corrected chi connectivity index (χ4v) is 3.39. The number of rotatable bonds is 5. The minimum Gasteiger partial charge on any atom is -0.355 e. The number of piperidine rings is 1. The summed E-state index contributed by atoms with van der Waals surface area (Å²) in [4.78, 5) is 16.1. The molecule has 1 aromatic heterocycles. The lowest BCUT2D eigenvalue weighted by molar-refractivity contribution is -0.126. The number of nitrogens with one attached hydrogen (secondary N) is 1. The van der Waals surface area contributed by atoms with Gasteiger partial charge in [-0.05, 0) is 30.9 Å². The molecule has 1 fully saturated rings. The van der Waals surface area contributed by atoms with Crippen molar-refractivity contribution in [2.75, 3.05) is 25.9 Å². The van der Waals surface area contributed by atoms with Crippen LogP contribution in [0.15, 0.2) is 24.5 Å². The van der Waals surface area contributed by atoms with E-state index >= 15 is 0 Å². The average molecular weight is 311 g/mol. The van der Waals surface area contributed by atoms with Gasteiger partial charge in [0.2, 0.25) is 15.9 Å². The zero-order valence-corrected chi connectivity index (χ0v) is 13.0. The van der Waals surface area contributed by atoms with Crippen LogP contribution in [0, 0.1) is 5.92 Å². The Morgan fingerprint density at radius 1 is 1.52 bits per heavy atom. The van der Waals surface area contributed by atoms with Gasteiger partial charge in [-0.2, -0.15) is 0 Å². The smallest absolute Gasteiger partial charge is 0.224 e. The van der Waals surface area contributed by atoms with Crippen molar-refractivity contribution in [2.24, 2.45) is 5.92 Å². The molecule has 1 atom stereocenters. The predicted molar refractivity (Wildman–Crippen MR) is 80.1 cm³/mol. The lowest BCUT2D eigenvalue weighted by Crippen LogP contribution is -2.45. The van der Waals surface area contributed by atoms with Crippen LogP contribution in [0.2, 0.25) is 0 Å². The van der Waals surface area contributed by atoms with Crippen LogP contribution < -0.4 is 5.32 Å². The summed E-state index contributed by atoms with van der Waals surface area (Å²) in [5.74, 6) is -0.311.